The third-order valence-electron chi connectivity index (χ3n) is 3.61. The van der Waals surface area contributed by atoms with Crippen molar-refractivity contribution in [2.45, 2.75) is 25.8 Å². The lowest BCUT2D eigenvalue weighted by atomic mass is 10.0. The highest BCUT2D eigenvalue weighted by Gasteiger charge is 2.32. The Morgan fingerprint density at radius 2 is 2.11 bits per heavy atom. The number of aromatic nitrogens is 1. The minimum absolute atomic E-state index is 0.210. The summed E-state index contributed by atoms with van der Waals surface area (Å²) in [6.45, 7) is 5.54. The van der Waals surface area contributed by atoms with E-state index < -0.39 is 0 Å². The van der Waals surface area contributed by atoms with Crippen molar-refractivity contribution in [2.24, 2.45) is 0 Å². The second-order valence-corrected chi connectivity index (χ2v) is 5.02. The fourth-order valence-electron chi connectivity index (χ4n) is 2.63. The summed E-state index contributed by atoms with van der Waals surface area (Å²) in [6.07, 6.45) is 0. The molecule has 0 spiro atoms. The summed E-state index contributed by atoms with van der Waals surface area (Å²) in [5.41, 5.74) is 4.21. The maximum Gasteiger partial charge on any atom is 0.202 e. The molecule has 2 atom stereocenters. The highest BCUT2D eigenvalue weighted by Crippen LogP contribution is 2.29. The molecule has 2 unspecified atom stereocenters. The molecule has 96 valence electrons. The summed E-state index contributed by atoms with van der Waals surface area (Å²) in [6, 6.07) is 4.48. The van der Waals surface area contributed by atoms with Crippen LogP contribution in [0.4, 0.5) is 0 Å². The molecule has 1 saturated heterocycles. The van der Waals surface area contributed by atoms with Crippen molar-refractivity contribution >= 4 is 11.1 Å². The molecular weight excluding hydrogens is 228 g/mol. The van der Waals surface area contributed by atoms with Gasteiger partial charge in [-0.1, -0.05) is 6.07 Å². The zero-order valence-electron chi connectivity index (χ0n) is 11.0. The van der Waals surface area contributed by atoms with Crippen LogP contribution in [0, 0.1) is 13.8 Å². The molecule has 0 radical (unpaired) electrons. The van der Waals surface area contributed by atoms with Crippen LogP contribution in [-0.2, 0) is 4.74 Å². The van der Waals surface area contributed by atoms with Gasteiger partial charge in [-0.05, 0) is 38.1 Å². The van der Waals surface area contributed by atoms with Crippen LogP contribution in [0.25, 0.3) is 11.1 Å². The van der Waals surface area contributed by atoms with Crippen LogP contribution in [0.2, 0.25) is 0 Å². The molecule has 2 aromatic rings. The molecular formula is C14H18N2O2. The van der Waals surface area contributed by atoms with Crippen LogP contribution < -0.4 is 5.32 Å². The summed E-state index contributed by atoms with van der Waals surface area (Å²) < 4.78 is 11.4. The Kier molecular flexibility index (Phi) is 2.84. The summed E-state index contributed by atoms with van der Waals surface area (Å²) in [7, 11) is 1.95. The van der Waals surface area contributed by atoms with Crippen LogP contribution in [0.1, 0.15) is 22.9 Å². The quantitative estimate of drug-likeness (QED) is 0.882. The van der Waals surface area contributed by atoms with Crippen molar-refractivity contribution in [3.63, 3.8) is 0 Å². The molecule has 1 N–H and O–H groups in total. The van der Waals surface area contributed by atoms with Crippen molar-refractivity contribution in [3.05, 3.63) is 29.2 Å². The highest BCUT2D eigenvalue weighted by molar-refractivity contribution is 5.77. The number of aryl methyl sites for hydroxylation is 2. The molecule has 2 heterocycles. The molecule has 1 aliphatic heterocycles. The minimum atomic E-state index is 0.210. The maximum atomic E-state index is 5.94. The van der Waals surface area contributed by atoms with Gasteiger partial charge in [0, 0.05) is 6.04 Å². The van der Waals surface area contributed by atoms with Gasteiger partial charge in [-0.3, -0.25) is 0 Å². The first-order chi connectivity index (χ1) is 8.69. The largest absolute Gasteiger partial charge is 0.440 e. The van der Waals surface area contributed by atoms with E-state index in [9.17, 15) is 0 Å². The Morgan fingerprint density at radius 1 is 1.28 bits per heavy atom. The zero-order chi connectivity index (χ0) is 12.7. The molecule has 4 heteroatoms. The van der Waals surface area contributed by atoms with Crippen LogP contribution in [0.15, 0.2) is 16.5 Å². The fourth-order valence-corrected chi connectivity index (χ4v) is 2.63. The van der Waals surface area contributed by atoms with E-state index in [-0.39, 0.29) is 5.92 Å². The first-order valence-electron chi connectivity index (χ1n) is 6.31. The third kappa shape index (κ3) is 1.82. The molecule has 1 aromatic carbocycles. The Morgan fingerprint density at radius 3 is 2.89 bits per heavy atom. The van der Waals surface area contributed by atoms with Gasteiger partial charge in [0.05, 0.1) is 19.1 Å². The summed E-state index contributed by atoms with van der Waals surface area (Å²) in [5, 5.41) is 3.26. The van der Waals surface area contributed by atoms with Gasteiger partial charge in [0.2, 0.25) is 5.89 Å². The van der Waals surface area contributed by atoms with E-state index in [1.807, 2.05) is 7.05 Å². The molecule has 0 saturated carbocycles. The number of rotatable bonds is 2. The Hall–Kier alpha value is -1.39. The number of hydrogen-bond acceptors (Lipinski definition) is 4. The normalized spacial score (nSPS) is 23.9. The van der Waals surface area contributed by atoms with Gasteiger partial charge in [-0.25, -0.2) is 4.98 Å². The predicted molar refractivity (Wildman–Crippen MR) is 69.9 cm³/mol. The molecule has 1 fully saturated rings. The first kappa shape index (κ1) is 11.7. The second kappa shape index (κ2) is 4.37. The Bertz CT molecular complexity index is 576. The molecule has 18 heavy (non-hydrogen) atoms. The fraction of sp³-hybridized carbons (Fsp3) is 0.500. The van der Waals surface area contributed by atoms with Gasteiger partial charge in [0.1, 0.15) is 5.52 Å². The maximum absolute atomic E-state index is 5.94. The Balaban J connectivity index is 2.05. The van der Waals surface area contributed by atoms with Crippen molar-refractivity contribution in [1.82, 2.24) is 10.3 Å². The number of ether oxygens (including phenoxy) is 1. The first-order valence-corrected chi connectivity index (χ1v) is 6.31. The summed E-state index contributed by atoms with van der Waals surface area (Å²) >= 11 is 0. The lowest BCUT2D eigenvalue weighted by Crippen LogP contribution is -2.31. The molecule has 0 bridgehead atoms. The van der Waals surface area contributed by atoms with Crippen LogP contribution in [0.5, 0.6) is 0 Å². The molecule has 0 aliphatic carbocycles. The number of nitrogens with zero attached hydrogens (tertiary/aromatic N) is 1. The van der Waals surface area contributed by atoms with E-state index >= 15 is 0 Å². The standard InChI is InChI=1S/C14H18N2O2/c1-8-4-9(2)13-11(5-8)16-14(18-13)10-6-17-7-12(10)15-3/h4-5,10,12,15H,6-7H2,1-3H3. The van der Waals surface area contributed by atoms with Crippen molar-refractivity contribution in [3.8, 4) is 0 Å². The smallest absolute Gasteiger partial charge is 0.202 e. The van der Waals surface area contributed by atoms with Crippen LogP contribution in [-0.4, -0.2) is 31.3 Å². The van der Waals surface area contributed by atoms with Gasteiger partial charge in [0.25, 0.3) is 0 Å². The average molecular weight is 246 g/mol. The number of hydrogen-bond donors (Lipinski definition) is 1. The number of fused-ring (bicyclic) bond motifs is 1. The van der Waals surface area contributed by atoms with Crippen molar-refractivity contribution < 1.29 is 9.15 Å². The molecule has 0 amide bonds. The van der Waals surface area contributed by atoms with E-state index in [0.29, 0.717) is 12.6 Å². The van der Waals surface area contributed by atoms with Gasteiger partial charge in [0.15, 0.2) is 5.58 Å². The Labute approximate surface area is 106 Å². The van der Waals surface area contributed by atoms with Gasteiger partial charge >= 0.3 is 0 Å². The van der Waals surface area contributed by atoms with Crippen LogP contribution in [0.3, 0.4) is 0 Å². The monoisotopic (exact) mass is 246 g/mol. The number of benzene rings is 1. The number of nitrogens with one attached hydrogen (secondary N) is 1. The van der Waals surface area contributed by atoms with E-state index in [2.05, 4.69) is 36.3 Å². The van der Waals surface area contributed by atoms with E-state index in [1.165, 1.54) is 5.56 Å². The topological polar surface area (TPSA) is 47.3 Å². The average Bonchev–Trinajstić information content (AvgIpc) is 2.92. The highest BCUT2D eigenvalue weighted by atomic mass is 16.5. The van der Waals surface area contributed by atoms with Crippen molar-refractivity contribution in [2.75, 3.05) is 20.3 Å². The lowest BCUT2D eigenvalue weighted by molar-refractivity contribution is 0.186. The van der Waals surface area contributed by atoms with E-state index in [0.717, 1.165) is 29.2 Å². The van der Waals surface area contributed by atoms with E-state index in [1.54, 1.807) is 0 Å². The van der Waals surface area contributed by atoms with E-state index in [4.69, 9.17) is 9.15 Å². The minimum Gasteiger partial charge on any atom is -0.440 e. The molecule has 1 aromatic heterocycles. The van der Waals surface area contributed by atoms with Gasteiger partial charge in [-0.15, -0.1) is 0 Å². The lowest BCUT2D eigenvalue weighted by Gasteiger charge is -2.12. The number of likely N-dealkylation sites (N-methyl/N-ethyl adjacent to an activating group) is 1. The van der Waals surface area contributed by atoms with Crippen LogP contribution >= 0.6 is 0 Å². The molecule has 1 aliphatic rings. The molecule has 3 rings (SSSR count). The summed E-state index contributed by atoms with van der Waals surface area (Å²) in [4.78, 5) is 4.63. The third-order valence-corrected chi connectivity index (χ3v) is 3.61. The SMILES string of the molecule is CNC1COCC1c1nc2cc(C)cc(C)c2o1. The molecule has 4 nitrogen and oxygen atoms in total. The van der Waals surface area contributed by atoms with Gasteiger partial charge in [-0.2, -0.15) is 0 Å². The van der Waals surface area contributed by atoms with Crippen molar-refractivity contribution in [1.29, 1.82) is 0 Å². The second-order valence-electron chi connectivity index (χ2n) is 5.02. The zero-order valence-corrected chi connectivity index (χ0v) is 11.0. The van der Waals surface area contributed by atoms with Gasteiger partial charge < -0.3 is 14.5 Å². The number of oxazole rings is 1. The summed E-state index contributed by atoms with van der Waals surface area (Å²) in [5.74, 6) is 0.998. The predicted octanol–water partition coefficient (Wildman–Crippen LogP) is 2.15.